The van der Waals surface area contributed by atoms with Gasteiger partial charge in [-0.25, -0.2) is 9.59 Å². The molecule has 1 aromatic carbocycles. The van der Waals surface area contributed by atoms with Crippen molar-refractivity contribution in [1.29, 1.82) is 0 Å². The third-order valence-corrected chi connectivity index (χ3v) is 5.48. The number of carbonyl (C=O) groups is 3. The number of ether oxygens (including phenoxy) is 4. The Kier molecular flexibility index (Phi) is 5.55. The minimum atomic E-state index is -0.853. The van der Waals surface area contributed by atoms with E-state index in [0.29, 0.717) is 16.0 Å². The van der Waals surface area contributed by atoms with Crippen LogP contribution in [0.3, 0.4) is 0 Å². The van der Waals surface area contributed by atoms with Gasteiger partial charge >= 0.3 is 17.9 Å². The monoisotopic (exact) mass is 419 g/mol. The fourth-order valence-electron chi connectivity index (χ4n) is 3.02. The molecule has 29 heavy (non-hydrogen) atoms. The molecule has 0 radical (unpaired) electrons. The molecule has 152 valence electrons. The lowest BCUT2D eigenvalue weighted by Gasteiger charge is -2.14. The molecule has 0 unspecified atom stereocenters. The number of carbonyl (C=O) groups excluding carboxylic acids is 3. The van der Waals surface area contributed by atoms with Crippen LogP contribution < -0.4 is 10.3 Å². The third-order valence-electron chi connectivity index (χ3n) is 4.37. The molecule has 0 N–H and O–H groups in total. The van der Waals surface area contributed by atoms with Gasteiger partial charge in [0.15, 0.2) is 0 Å². The van der Waals surface area contributed by atoms with E-state index in [1.807, 2.05) is 0 Å². The second-order valence-corrected chi connectivity index (χ2v) is 6.90. The zero-order chi connectivity index (χ0) is 21.3. The first-order valence-corrected chi connectivity index (χ1v) is 9.11. The standard InChI is InChI=1S/C19H17NO8S/c1-25-9-5-6-11-12(7-9)29-16(19(24)28-4)15-14(18(23)27-3)10(8-13(21)26-2)17(22)20(11)15/h5-7H,8H2,1-4H3. The summed E-state index contributed by atoms with van der Waals surface area (Å²) in [7, 11) is 5.00. The highest BCUT2D eigenvalue weighted by molar-refractivity contribution is 7.20. The van der Waals surface area contributed by atoms with E-state index in [4.69, 9.17) is 14.2 Å². The van der Waals surface area contributed by atoms with Crippen LogP contribution in [0.25, 0.3) is 15.9 Å². The van der Waals surface area contributed by atoms with Gasteiger partial charge in [0.2, 0.25) is 0 Å². The summed E-state index contributed by atoms with van der Waals surface area (Å²) in [5, 5.41) is 0. The summed E-state index contributed by atoms with van der Waals surface area (Å²) >= 11 is 1.03. The van der Waals surface area contributed by atoms with Gasteiger partial charge in [0, 0.05) is 5.56 Å². The SMILES string of the molecule is COC(=O)Cc1c(C(=O)OC)c2c(C(=O)OC)sc3cc(OC)ccc3n-2c1=O. The van der Waals surface area contributed by atoms with Crippen LogP contribution >= 0.6 is 11.3 Å². The van der Waals surface area contributed by atoms with E-state index in [1.54, 1.807) is 18.2 Å². The zero-order valence-electron chi connectivity index (χ0n) is 16.1. The lowest BCUT2D eigenvalue weighted by Crippen LogP contribution is -2.20. The van der Waals surface area contributed by atoms with Crippen LogP contribution in [0.15, 0.2) is 23.0 Å². The van der Waals surface area contributed by atoms with Gasteiger partial charge in [-0.3, -0.25) is 14.2 Å². The van der Waals surface area contributed by atoms with Gasteiger partial charge < -0.3 is 18.9 Å². The fourth-order valence-corrected chi connectivity index (χ4v) is 4.14. The van der Waals surface area contributed by atoms with Crippen molar-refractivity contribution < 1.29 is 33.3 Å². The molecule has 0 saturated carbocycles. The van der Waals surface area contributed by atoms with E-state index in [-0.39, 0.29) is 21.7 Å². The van der Waals surface area contributed by atoms with E-state index in [9.17, 15) is 19.2 Å². The number of benzene rings is 1. The first-order valence-electron chi connectivity index (χ1n) is 8.29. The number of hydrogen-bond acceptors (Lipinski definition) is 9. The van der Waals surface area contributed by atoms with E-state index in [1.165, 1.54) is 25.9 Å². The van der Waals surface area contributed by atoms with E-state index >= 15 is 0 Å². The van der Waals surface area contributed by atoms with Crippen LogP contribution in [-0.2, 0) is 25.4 Å². The smallest absolute Gasteiger partial charge is 0.350 e. The molecule has 2 aliphatic rings. The third kappa shape index (κ3) is 3.31. The minimum Gasteiger partial charge on any atom is -0.497 e. The van der Waals surface area contributed by atoms with Gasteiger partial charge in [-0.1, -0.05) is 0 Å². The Morgan fingerprint density at radius 3 is 2.28 bits per heavy atom. The van der Waals surface area contributed by atoms with Crippen LogP contribution in [0, 0.1) is 0 Å². The van der Waals surface area contributed by atoms with Gasteiger partial charge in [-0.05, 0) is 18.2 Å². The summed E-state index contributed by atoms with van der Waals surface area (Å²) in [5.41, 5.74) is -0.458. The molecule has 9 nitrogen and oxygen atoms in total. The van der Waals surface area contributed by atoms with Crippen molar-refractivity contribution in [3.05, 3.63) is 44.6 Å². The zero-order valence-corrected chi connectivity index (χ0v) is 16.9. The highest BCUT2D eigenvalue weighted by atomic mass is 32.1. The molecular formula is C19H17NO8S. The van der Waals surface area contributed by atoms with Crippen LogP contribution in [-0.4, -0.2) is 50.9 Å². The molecule has 0 spiro atoms. The van der Waals surface area contributed by atoms with Crippen LogP contribution in [0.2, 0.25) is 0 Å². The quantitative estimate of drug-likeness (QED) is 0.455. The largest absolute Gasteiger partial charge is 0.497 e. The van der Waals surface area contributed by atoms with Crippen molar-refractivity contribution in [3.63, 3.8) is 0 Å². The van der Waals surface area contributed by atoms with Crippen molar-refractivity contribution in [1.82, 2.24) is 4.57 Å². The molecule has 0 aliphatic carbocycles. The Morgan fingerprint density at radius 2 is 1.69 bits per heavy atom. The molecule has 0 amide bonds. The molecule has 10 heteroatoms. The Balaban J connectivity index is 2.53. The molecule has 0 fully saturated rings. The molecule has 1 aromatic rings. The lowest BCUT2D eigenvalue weighted by atomic mass is 10.1. The van der Waals surface area contributed by atoms with Crippen LogP contribution in [0.1, 0.15) is 25.6 Å². The van der Waals surface area contributed by atoms with Gasteiger partial charge in [-0.2, -0.15) is 0 Å². The second-order valence-electron chi connectivity index (χ2n) is 5.84. The van der Waals surface area contributed by atoms with E-state index < -0.39 is 29.9 Å². The Labute approximate surface area is 168 Å². The number of rotatable bonds is 5. The average molecular weight is 419 g/mol. The summed E-state index contributed by atoms with van der Waals surface area (Å²) in [6.45, 7) is 0. The van der Waals surface area contributed by atoms with Crippen molar-refractivity contribution in [2.75, 3.05) is 28.4 Å². The number of aromatic nitrogens is 1. The predicted molar refractivity (Wildman–Crippen MR) is 104 cm³/mol. The molecular weight excluding hydrogens is 402 g/mol. The van der Waals surface area contributed by atoms with Gasteiger partial charge in [0.05, 0.1) is 56.3 Å². The molecule has 2 aliphatic heterocycles. The number of nitrogens with zero attached hydrogens (tertiary/aromatic N) is 1. The Bertz CT molecular complexity index is 1160. The molecule has 0 atom stereocenters. The highest BCUT2D eigenvalue weighted by Crippen LogP contribution is 2.36. The van der Waals surface area contributed by atoms with Gasteiger partial charge in [-0.15, -0.1) is 11.3 Å². The number of fused-ring (bicyclic) bond motifs is 3. The van der Waals surface area contributed by atoms with Crippen molar-refractivity contribution >= 4 is 39.5 Å². The Hall–Kier alpha value is -3.40. The molecule has 0 bridgehead atoms. The average Bonchev–Trinajstić information content (AvgIpc) is 3.03. The maximum atomic E-state index is 13.2. The number of hydrogen-bond donors (Lipinski definition) is 0. The Morgan fingerprint density at radius 1 is 1.00 bits per heavy atom. The molecule has 0 aromatic heterocycles. The molecule has 0 saturated heterocycles. The molecule has 3 rings (SSSR count). The maximum absolute atomic E-state index is 13.2. The highest BCUT2D eigenvalue weighted by Gasteiger charge is 2.34. The van der Waals surface area contributed by atoms with Crippen LogP contribution in [0.5, 0.6) is 5.75 Å². The summed E-state index contributed by atoms with van der Waals surface area (Å²) in [6.07, 6.45) is -0.454. The van der Waals surface area contributed by atoms with Crippen molar-refractivity contribution in [2.24, 2.45) is 0 Å². The first kappa shape index (κ1) is 20.3. The summed E-state index contributed by atoms with van der Waals surface area (Å²) in [4.78, 5) is 50.1. The summed E-state index contributed by atoms with van der Waals surface area (Å²) < 4.78 is 21.3. The van der Waals surface area contributed by atoms with E-state index in [2.05, 4.69) is 4.74 Å². The normalized spacial score (nSPS) is 10.8. The van der Waals surface area contributed by atoms with Gasteiger partial charge in [0.25, 0.3) is 5.56 Å². The van der Waals surface area contributed by atoms with E-state index in [0.717, 1.165) is 18.4 Å². The van der Waals surface area contributed by atoms with Crippen molar-refractivity contribution in [2.45, 2.75) is 6.42 Å². The first-order chi connectivity index (χ1) is 13.9. The van der Waals surface area contributed by atoms with Crippen molar-refractivity contribution in [3.8, 4) is 11.4 Å². The lowest BCUT2D eigenvalue weighted by molar-refractivity contribution is -0.139. The summed E-state index contributed by atoms with van der Waals surface area (Å²) in [6, 6.07) is 4.93. The molecule has 2 heterocycles. The van der Waals surface area contributed by atoms with Gasteiger partial charge in [0.1, 0.15) is 10.6 Å². The second kappa shape index (κ2) is 7.92. The maximum Gasteiger partial charge on any atom is 0.350 e. The van der Waals surface area contributed by atoms with Crippen LogP contribution in [0.4, 0.5) is 0 Å². The number of methoxy groups -OCH3 is 4. The fraction of sp³-hybridized carbons (Fsp3) is 0.263. The number of esters is 3. The predicted octanol–water partition coefficient (Wildman–Crippen LogP) is 1.79. The summed E-state index contributed by atoms with van der Waals surface area (Å²) in [5.74, 6) is -1.78. The minimum absolute atomic E-state index is 0.0156. The topological polar surface area (TPSA) is 110 Å².